The van der Waals surface area contributed by atoms with Gasteiger partial charge in [-0.05, 0) is 39.2 Å². The first-order valence-electron chi connectivity index (χ1n) is 7.76. The van der Waals surface area contributed by atoms with Crippen LogP contribution in [0.15, 0.2) is 0 Å². The summed E-state index contributed by atoms with van der Waals surface area (Å²) in [6.07, 6.45) is 8.35. The summed E-state index contributed by atoms with van der Waals surface area (Å²) in [5.74, 6) is 0. The molecule has 0 aliphatic carbocycles. The van der Waals surface area contributed by atoms with E-state index in [1.54, 1.807) is 0 Å². The van der Waals surface area contributed by atoms with Crippen LogP contribution in [0, 0.1) is 0 Å². The van der Waals surface area contributed by atoms with E-state index in [4.69, 9.17) is 0 Å². The van der Waals surface area contributed by atoms with E-state index in [0.29, 0.717) is 0 Å². The Hall–Kier alpha value is -0.0800. The van der Waals surface area contributed by atoms with Crippen molar-refractivity contribution in [3.63, 3.8) is 0 Å². The van der Waals surface area contributed by atoms with Crippen LogP contribution >= 0.6 is 0 Å². The maximum Gasteiger partial charge on any atom is 0.0224 e. The molecule has 2 heteroatoms. The molecule has 0 radical (unpaired) electrons. The molecule has 2 nitrogen and oxygen atoms in total. The van der Waals surface area contributed by atoms with Crippen LogP contribution in [-0.2, 0) is 0 Å². The number of rotatable bonds is 4. The molecule has 0 aromatic rings. The Morgan fingerprint density at radius 1 is 1.18 bits per heavy atom. The molecule has 2 heterocycles. The highest BCUT2D eigenvalue weighted by Crippen LogP contribution is 2.27. The van der Waals surface area contributed by atoms with Crippen molar-refractivity contribution in [3.8, 4) is 0 Å². The van der Waals surface area contributed by atoms with Gasteiger partial charge in [-0.15, -0.1) is 0 Å². The second kappa shape index (κ2) is 6.19. The molecule has 3 atom stereocenters. The van der Waals surface area contributed by atoms with Gasteiger partial charge in [0.1, 0.15) is 0 Å². The van der Waals surface area contributed by atoms with E-state index in [9.17, 15) is 0 Å². The quantitative estimate of drug-likeness (QED) is 0.742. The van der Waals surface area contributed by atoms with Gasteiger partial charge in [0.15, 0.2) is 0 Å². The highest BCUT2D eigenvalue weighted by molar-refractivity contribution is 4.91. The first-order valence-corrected chi connectivity index (χ1v) is 7.76. The molecule has 0 aromatic carbocycles. The first kappa shape index (κ1) is 13.4. The van der Waals surface area contributed by atoms with Crippen LogP contribution in [0.1, 0.15) is 59.3 Å². The van der Waals surface area contributed by atoms with Gasteiger partial charge in [0, 0.05) is 31.2 Å². The van der Waals surface area contributed by atoms with Crippen molar-refractivity contribution in [2.45, 2.75) is 77.4 Å². The summed E-state index contributed by atoms with van der Waals surface area (Å²) in [5, 5.41) is 0. The summed E-state index contributed by atoms with van der Waals surface area (Å²) >= 11 is 0. The van der Waals surface area contributed by atoms with Crippen molar-refractivity contribution in [2.24, 2.45) is 0 Å². The van der Waals surface area contributed by atoms with Crippen molar-refractivity contribution in [2.75, 3.05) is 19.6 Å². The van der Waals surface area contributed by atoms with Crippen LogP contribution in [0.2, 0.25) is 0 Å². The minimum Gasteiger partial charge on any atom is -0.298 e. The van der Waals surface area contributed by atoms with Crippen molar-refractivity contribution in [1.82, 2.24) is 9.80 Å². The number of fused-ring (bicyclic) bond motifs is 1. The van der Waals surface area contributed by atoms with Crippen LogP contribution in [0.5, 0.6) is 0 Å². The number of hydrogen-bond acceptors (Lipinski definition) is 2. The third-order valence-corrected chi connectivity index (χ3v) is 4.80. The van der Waals surface area contributed by atoms with Crippen molar-refractivity contribution in [3.05, 3.63) is 0 Å². The zero-order valence-electron chi connectivity index (χ0n) is 12.0. The summed E-state index contributed by atoms with van der Waals surface area (Å²) in [7, 11) is 0. The predicted molar refractivity (Wildman–Crippen MR) is 74.4 cm³/mol. The van der Waals surface area contributed by atoms with Gasteiger partial charge in [-0.3, -0.25) is 9.80 Å². The standard InChI is InChI=1S/C15H30N2/c1-4-8-14(5-2)17-12-15-9-6-7-10-16(15)11-13(17)3/h13-15H,4-12H2,1-3H3. The molecule has 100 valence electrons. The lowest BCUT2D eigenvalue weighted by atomic mass is 9.94. The molecule has 0 amide bonds. The Labute approximate surface area is 107 Å². The Morgan fingerprint density at radius 2 is 2.00 bits per heavy atom. The van der Waals surface area contributed by atoms with Gasteiger partial charge in [0.2, 0.25) is 0 Å². The third-order valence-electron chi connectivity index (χ3n) is 4.80. The molecule has 2 aliphatic heterocycles. The monoisotopic (exact) mass is 238 g/mol. The second-order valence-electron chi connectivity index (χ2n) is 6.04. The molecule has 0 spiro atoms. The fourth-order valence-corrected chi connectivity index (χ4v) is 3.82. The minimum atomic E-state index is 0.765. The van der Waals surface area contributed by atoms with Gasteiger partial charge < -0.3 is 0 Å². The average molecular weight is 238 g/mol. The summed E-state index contributed by atoms with van der Waals surface area (Å²) < 4.78 is 0. The van der Waals surface area contributed by atoms with E-state index in [1.165, 1.54) is 58.2 Å². The first-order chi connectivity index (χ1) is 8.26. The smallest absolute Gasteiger partial charge is 0.0224 e. The summed E-state index contributed by atoms with van der Waals surface area (Å²) in [6, 6.07) is 2.46. The highest BCUT2D eigenvalue weighted by atomic mass is 15.3. The Bertz CT molecular complexity index is 229. The van der Waals surface area contributed by atoms with Crippen LogP contribution in [0.3, 0.4) is 0 Å². The lowest BCUT2D eigenvalue weighted by Crippen LogP contribution is -2.60. The van der Waals surface area contributed by atoms with Crippen molar-refractivity contribution in [1.29, 1.82) is 0 Å². The fourth-order valence-electron chi connectivity index (χ4n) is 3.82. The summed E-state index contributed by atoms with van der Waals surface area (Å²) in [4.78, 5) is 5.57. The predicted octanol–water partition coefficient (Wildman–Crippen LogP) is 3.12. The number of piperidine rings is 1. The maximum atomic E-state index is 2.82. The molecular formula is C15H30N2. The van der Waals surface area contributed by atoms with Gasteiger partial charge in [-0.2, -0.15) is 0 Å². The van der Waals surface area contributed by atoms with Crippen LogP contribution in [0.25, 0.3) is 0 Å². The number of piperazine rings is 1. The van der Waals surface area contributed by atoms with Gasteiger partial charge in [-0.25, -0.2) is 0 Å². The molecule has 2 aliphatic rings. The van der Waals surface area contributed by atoms with Crippen LogP contribution in [0.4, 0.5) is 0 Å². The van der Waals surface area contributed by atoms with Crippen molar-refractivity contribution >= 4 is 0 Å². The molecule has 3 unspecified atom stereocenters. The molecular weight excluding hydrogens is 208 g/mol. The van der Waals surface area contributed by atoms with E-state index in [1.807, 2.05) is 0 Å². The number of hydrogen-bond donors (Lipinski definition) is 0. The average Bonchev–Trinajstić information content (AvgIpc) is 2.35. The second-order valence-corrected chi connectivity index (χ2v) is 6.04. The summed E-state index contributed by atoms with van der Waals surface area (Å²) in [6.45, 7) is 11.1. The molecule has 0 saturated carbocycles. The van der Waals surface area contributed by atoms with Gasteiger partial charge >= 0.3 is 0 Å². The van der Waals surface area contributed by atoms with Crippen LogP contribution < -0.4 is 0 Å². The zero-order valence-corrected chi connectivity index (χ0v) is 12.0. The fraction of sp³-hybridized carbons (Fsp3) is 1.00. The third kappa shape index (κ3) is 3.03. The maximum absolute atomic E-state index is 2.82. The van der Waals surface area contributed by atoms with E-state index in [2.05, 4.69) is 30.6 Å². The molecule has 0 bridgehead atoms. The Morgan fingerprint density at radius 3 is 2.71 bits per heavy atom. The van der Waals surface area contributed by atoms with E-state index >= 15 is 0 Å². The van der Waals surface area contributed by atoms with E-state index in [-0.39, 0.29) is 0 Å². The van der Waals surface area contributed by atoms with Gasteiger partial charge in [-0.1, -0.05) is 26.7 Å². The minimum absolute atomic E-state index is 0.765. The lowest BCUT2D eigenvalue weighted by Gasteiger charge is -2.50. The normalized spacial score (nSPS) is 33.4. The molecule has 0 aromatic heterocycles. The van der Waals surface area contributed by atoms with Gasteiger partial charge in [0.25, 0.3) is 0 Å². The molecule has 17 heavy (non-hydrogen) atoms. The van der Waals surface area contributed by atoms with E-state index < -0.39 is 0 Å². The molecule has 2 rings (SSSR count). The lowest BCUT2D eigenvalue weighted by molar-refractivity contribution is -0.0107. The number of nitrogens with zero attached hydrogens (tertiary/aromatic N) is 2. The highest BCUT2D eigenvalue weighted by Gasteiger charge is 2.35. The van der Waals surface area contributed by atoms with Gasteiger partial charge in [0.05, 0.1) is 0 Å². The topological polar surface area (TPSA) is 6.48 Å². The Kier molecular flexibility index (Phi) is 4.87. The largest absolute Gasteiger partial charge is 0.298 e. The molecule has 2 fully saturated rings. The zero-order chi connectivity index (χ0) is 12.3. The molecule has 0 N–H and O–H groups in total. The van der Waals surface area contributed by atoms with E-state index in [0.717, 1.165) is 18.1 Å². The SMILES string of the molecule is CCCC(CC)N1CC2CCCCN2CC1C. The molecule has 2 saturated heterocycles. The van der Waals surface area contributed by atoms with Crippen molar-refractivity contribution < 1.29 is 0 Å². The summed E-state index contributed by atoms with van der Waals surface area (Å²) in [5.41, 5.74) is 0. The Balaban J connectivity index is 1.97. The van der Waals surface area contributed by atoms with Crippen LogP contribution in [-0.4, -0.2) is 47.6 Å².